The molecule has 1 aromatic rings. The molecule has 0 unspecified atom stereocenters. The lowest BCUT2D eigenvalue weighted by Crippen LogP contribution is -1.98. The van der Waals surface area contributed by atoms with Gasteiger partial charge in [0.1, 0.15) is 11.5 Å². The molecule has 0 bridgehead atoms. The lowest BCUT2D eigenvalue weighted by atomic mass is 10.5. The number of rotatable bonds is 0. The summed E-state index contributed by atoms with van der Waals surface area (Å²) in [6.07, 6.45) is 0. The predicted molar refractivity (Wildman–Crippen MR) is 50.6 cm³/mol. The first kappa shape index (κ1) is 12.5. The fourth-order valence-electron chi connectivity index (χ4n) is 0.575. The van der Waals surface area contributed by atoms with Gasteiger partial charge in [-0.3, -0.25) is 9.11 Å². The van der Waals surface area contributed by atoms with Gasteiger partial charge in [-0.05, 0) is 0 Å². The lowest BCUT2D eigenvalue weighted by Gasteiger charge is -1.90. The highest BCUT2D eigenvalue weighted by Gasteiger charge is 2.04. The monoisotopic (exact) mass is 225 g/mol. The van der Waals surface area contributed by atoms with Gasteiger partial charge in [0.25, 0.3) is 0 Å². The highest BCUT2D eigenvalue weighted by atomic mass is 32.3. The van der Waals surface area contributed by atoms with Crippen LogP contribution in [0.5, 0.6) is 0 Å². The number of aryl methyl sites for hydroxylation is 1. The van der Waals surface area contributed by atoms with E-state index in [1.54, 1.807) is 7.05 Å². The van der Waals surface area contributed by atoms with Crippen molar-refractivity contribution in [2.45, 2.75) is 0 Å². The minimum absolute atomic E-state index is 0.287. The van der Waals surface area contributed by atoms with Crippen LogP contribution in [0.15, 0.2) is 0 Å². The SMILES string of the molecule is Cn1nc(N)c(N)c1N.O=S(=O)(O)O. The van der Waals surface area contributed by atoms with Crippen molar-refractivity contribution in [3.8, 4) is 0 Å². The molecular weight excluding hydrogens is 214 g/mol. The fraction of sp³-hybridized carbons (Fsp3) is 0.250. The summed E-state index contributed by atoms with van der Waals surface area (Å²) >= 11 is 0. The number of aromatic nitrogens is 2. The highest BCUT2D eigenvalue weighted by Crippen LogP contribution is 2.18. The van der Waals surface area contributed by atoms with Crippen molar-refractivity contribution in [2.75, 3.05) is 17.2 Å². The van der Waals surface area contributed by atoms with Crippen LogP contribution in [0.4, 0.5) is 17.3 Å². The van der Waals surface area contributed by atoms with Gasteiger partial charge in [0.2, 0.25) is 0 Å². The quantitative estimate of drug-likeness (QED) is 0.332. The second kappa shape index (κ2) is 4.13. The molecule has 0 atom stereocenters. The van der Waals surface area contributed by atoms with E-state index in [1.165, 1.54) is 4.68 Å². The first-order valence-corrected chi connectivity index (χ1v) is 4.56. The topological polar surface area (TPSA) is 170 Å². The molecule has 0 saturated heterocycles. The molecule has 0 amide bonds. The van der Waals surface area contributed by atoms with Crippen molar-refractivity contribution in [3.05, 3.63) is 0 Å². The first-order chi connectivity index (χ1) is 6.13. The maximum absolute atomic E-state index is 8.74. The zero-order valence-corrected chi connectivity index (χ0v) is 8.06. The second-order valence-electron chi connectivity index (χ2n) is 2.26. The number of nitrogens with two attached hydrogens (primary N) is 3. The molecule has 0 aliphatic rings. The number of hydrogen-bond donors (Lipinski definition) is 5. The molecule has 1 rings (SSSR count). The molecule has 0 aromatic carbocycles. The molecule has 9 nitrogen and oxygen atoms in total. The van der Waals surface area contributed by atoms with E-state index in [-0.39, 0.29) is 5.82 Å². The smallest absolute Gasteiger partial charge is 0.393 e. The summed E-state index contributed by atoms with van der Waals surface area (Å²) < 4.78 is 33.0. The van der Waals surface area contributed by atoms with Crippen LogP contribution >= 0.6 is 0 Å². The van der Waals surface area contributed by atoms with Crippen molar-refractivity contribution >= 4 is 27.7 Å². The molecule has 14 heavy (non-hydrogen) atoms. The molecule has 1 heterocycles. The summed E-state index contributed by atoms with van der Waals surface area (Å²) in [6.45, 7) is 0. The van der Waals surface area contributed by atoms with Gasteiger partial charge in [-0.15, -0.1) is 0 Å². The first-order valence-electron chi connectivity index (χ1n) is 3.16. The van der Waals surface area contributed by atoms with Crippen LogP contribution in [0.25, 0.3) is 0 Å². The average molecular weight is 225 g/mol. The third kappa shape index (κ3) is 4.49. The van der Waals surface area contributed by atoms with E-state index in [1.807, 2.05) is 0 Å². The van der Waals surface area contributed by atoms with Crippen LogP contribution < -0.4 is 17.2 Å². The van der Waals surface area contributed by atoms with E-state index in [9.17, 15) is 0 Å². The van der Waals surface area contributed by atoms with Crippen molar-refractivity contribution in [2.24, 2.45) is 7.05 Å². The van der Waals surface area contributed by atoms with E-state index in [2.05, 4.69) is 5.10 Å². The third-order valence-electron chi connectivity index (χ3n) is 1.16. The summed E-state index contributed by atoms with van der Waals surface area (Å²) in [7, 11) is -2.98. The summed E-state index contributed by atoms with van der Waals surface area (Å²) in [6, 6.07) is 0. The predicted octanol–water partition coefficient (Wildman–Crippen LogP) is -1.49. The normalized spacial score (nSPS) is 10.5. The van der Waals surface area contributed by atoms with Gasteiger partial charge in [0.05, 0.1) is 0 Å². The molecule has 0 radical (unpaired) electrons. The summed E-state index contributed by atoms with van der Waals surface area (Å²) in [4.78, 5) is 0. The molecule has 10 heteroatoms. The molecule has 1 aromatic heterocycles. The molecule has 0 spiro atoms. The van der Waals surface area contributed by atoms with Crippen molar-refractivity contribution in [1.82, 2.24) is 9.78 Å². The van der Waals surface area contributed by atoms with E-state index in [0.717, 1.165) is 0 Å². The summed E-state index contributed by atoms with van der Waals surface area (Å²) in [5.74, 6) is 0.697. The standard InChI is InChI=1S/C4H9N5.H2O4S/c1-9-4(7)2(5)3(6)8-9;1-5(2,3)4/h5,7H2,1H3,(H2,6,8);(H2,1,2,3,4). The largest absolute Gasteiger partial charge is 0.394 e. The van der Waals surface area contributed by atoms with Gasteiger partial charge in [-0.1, -0.05) is 0 Å². The number of hydrogen-bond acceptors (Lipinski definition) is 6. The minimum Gasteiger partial charge on any atom is -0.393 e. The zero-order chi connectivity index (χ0) is 11.5. The Morgan fingerprint density at radius 2 is 1.64 bits per heavy atom. The number of anilines is 3. The molecule has 8 N–H and O–H groups in total. The Morgan fingerprint density at radius 3 is 1.71 bits per heavy atom. The Kier molecular flexibility index (Phi) is 3.68. The van der Waals surface area contributed by atoms with Gasteiger partial charge < -0.3 is 17.2 Å². The van der Waals surface area contributed by atoms with Crippen molar-refractivity contribution in [3.63, 3.8) is 0 Å². The lowest BCUT2D eigenvalue weighted by molar-refractivity contribution is 0.381. The average Bonchev–Trinajstić information content (AvgIpc) is 2.14. The fourth-order valence-corrected chi connectivity index (χ4v) is 0.575. The Bertz CT molecular complexity index is 379. The van der Waals surface area contributed by atoms with Crippen LogP contribution in [0, 0.1) is 0 Å². The number of nitrogen functional groups attached to an aromatic ring is 3. The van der Waals surface area contributed by atoms with Gasteiger partial charge in [0, 0.05) is 7.05 Å². The molecule has 0 saturated carbocycles. The Labute approximate surface area is 80.1 Å². The summed E-state index contributed by atoms with van der Waals surface area (Å²) in [5, 5.41) is 3.75. The Hall–Kier alpha value is -1.52. The van der Waals surface area contributed by atoms with Crippen LogP contribution in [0.3, 0.4) is 0 Å². The molecular formula is C4H11N5O4S. The number of nitrogens with zero attached hydrogens (tertiary/aromatic N) is 2. The maximum Gasteiger partial charge on any atom is 0.394 e. The highest BCUT2D eigenvalue weighted by molar-refractivity contribution is 7.79. The molecule has 82 valence electrons. The Balaban J connectivity index is 0.000000292. The molecule has 0 aliphatic heterocycles. The van der Waals surface area contributed by atoms with Gasteiger partial charge >= 0.3 is 10.4 Å². The van der Waals surface area contributed by atoms with Gasteiger partial charge in [0.15, 0.2) is 5.82 Å². The van der Waals surface area contributed by atoms with Crippen LogP contribution in [0.2, 0.25) is 0 Å². The molecule has 0 aliphatic carbocycles. The van der Waals surface area contributed by atoms with Crippen LogP contribution in [-0.2, 0) is 17.4 Å². The second-order valence-corrected chi connectivity index (χ2v) is 3.15. The van der Waals surface area contributed by atoms with Crippen LogP contribution in [0.1, 0.15) is 0 Å². The van der Waals surface area contributed by atoms with E-state index >= 15 is 0 Å². The van der Waals surface area contributed by atoms with E-state index in [4.69, 9.17) is 34.7 Å². The zero-order valence-electron chi connectivity index (χ0n) is 7.25. The van der Waals surface area contributed by atoms with Gasteiger partial charge in [-0.2, -0.15) is 13.5 Å². The van der Waals surface area contributed by atoms with Gasteiger partial charge in [-0.25, -0.2) is 4.68 Å². The Morgan fingerprint density at radius 1 is 1.29 bits per heavy atom. The summed E-state index contributed by atoms with van der Waals surface area (Å²) in [5.41, 5.74) is 16.4. The van der Waals surface area contributed by atoms with Crippen LogP contribution in [-0.4, -0.2) is 27.3 Å². The van der Waals surface area contributed by atoms with E-state index in [0.29, 0.717) is 11.5 Å². The minimum atomic E-state index is -4.67. The third-order valence-corrected chi connectivity index (χ3v) is 1.16. The maximum atomic E-state index is 8.74. The van der Waals surface area contributed by atoms with Crippen molar-refractivity contribution in [1.29, 1.82) is 0 Å². The molecule has 0 fully saturated rings. The van der Waals surface area contributed by atoms with Crippen molar-refractivity contribution < 1.29 is 17.5 Å². The van der Waals surface area contributed by atoms with E-state index < -0.39 is 10.4 Å².